The highest BCUT2D eigenvalue weighted by Crippen LogP contribution is 2.19. The zero-order valence-electron chi connectivity index (χ0n) is 26.2. The van der Waals surface area contributed by atoms with Crippen LogP contribution in [0.1, 0.15) is 32.1 Å². The van der Waals surface area contributed by atoms with Crippen LogP contribution in [0, 0.1) is 12.3 Å². The van der Waals surface area contributed by atoms with Gasteiger partial charge < -0.3 is 30.7 Å². The highest BCUT2D eigenvalue weighted by molar-refractivity contribution is 9.10. The van der Waals surface area contributed by atoms with E-state index in [0.29, 0.717) is 12.4 Å². The van der Waals surface area contributed by atoms with Crippen molar-refractivity contribution in [1.82, 2.24) is 9.71 Å². The largest absolute Gasteiger partial charge is 0.494 e. The monoisotopic (exact) mass is 774 g/mol. The maximum atomic E-state index is 12.4. The molecule has 0 radical (unpaired) electrons. The Morgan fingerprint density at radius 2 is 1.57 bits per heavy atom. The predicted octanol–water partition coefficient (Wildman–Crippen LogP) is 5.31. The Bertz CT molecular complexity index is 1580. The number of nitrogens with two attached hydrogens (primary N) is 1. The number of rotatable bonds is 17. The van der Waals surface area contributed by atoms with E-state index in [0.717, 1.165) is 61.4 Å². The number of terminal acetylenes is 1. The van der Waals surface area contributed by atoms with Crippen LogP contribution >= 0.6 is 15.9 Å². The van der Waals surface area contributed by atoms with Crippen LogP contribution in [0.15, 0.2) is 82.3 Å². The Hall–Kier alpha value is -4.37. The van der Waals surface area contributed by atoms with Gasteiger partial charge in [-0.05, 0) is 74.7 Å². The van der Waals surface area contributed by atoms with Crippen LogP contribution < -0.4 is 25.2 Å². The fraction of sp³-hybridized carbons (Fsp3) is 0.344. The Labute approximate surface area is 291 Å². The molecular weight excluding hydrogens is 737 g/mol. The number of carbonyl (C=O) groups is 2. The minimum atomic E-state index is -5.08. The average Bonchev–Trinajstić information content (AvgIpc) is 3.05. The summed E-state index contributed by atoms with van der Waals surface area (Å²) in [5.74, 6) is 0.305. The zero-order chi connectivity index (χ0) is 36.7. The smallest absolute Gasteiger partial charge is 0.490 e. The van der Waals surface area contributed by atoms with Crippen molar-refractivity contribution in [2.75, 3.05) is 31.6 Å². The van der Waals surface area contributed by atoms with Crippen molar-refractivity contribution < 1.29 is 50.9 Å². The number of ether oxygens (including phenoxy) is 2. The molecule has 3 aromatic rings. The average molecular weight is 776 g/mol. The maximum Gasteiger partial charge on any atom is 0.490 e. The summed E-state index contributed by atoms with van der Waals surface area (Å²) in [6, 6.07) is 18.3. The molecule has 0 fully saturated rings. The summed E-state index contributed by atoms with van der Waals surface area (Å²) < 4.78 is 70.9. The number of alkyl halides is 3. The van der Waals surface area contributed by atoms with Crippen molar-refractivity contribution in [2.24, 2.45) is 5.73 Å². The van der Waals surface area contributed by atoms with E-state index in [1.54, 1.807) is 18.3 Å². The second-order valence-corrected chi connectivity index (χ2v) is 12.3. The Balaban J connectivity index is 0.000000491. The summed E-state index contributed by atoms with van der Waals surface area (Å²) in [5.41, 5.74) is 5.37. The van der Waals surface area contributed by atoms with Gasteiger partial charge in [0.05, 0.1) is 30.6 Å². The number of anilines is 1. The van der Waals surface area contributed by atoms with Gasteiger partial charge in [0.15, 0.2) is 0 Å². The second kappa shape index (κ2) is 23.1. The Kier molecular flexibility index (Phi) is 20.1. The maximum absolute atomic E-state index is 12.4. The molecule has 6 N–H and O–H groups in total. The molecule has 17 heteroatoms. The molecule has 1 aromatic heterocycles. The third kappa shape index (κ3) is 19.9. The van der Waals surface area contributed by atoms with Crippen LogP contribution in [-0.4, -0.2) is 74.1 Å². The number of aliphatic carboxylic acids is 2. The number of hydrogen-bond acceptors (Lipinski definition) is 9. The molecule has 0 amide bonds. The number of hydrogen-bond donors (Lipinski definition) is 5. The van der Waals surface area contributed by atoms with Gasteiger partial charge in [0, 0.05) is 23.3 Å². The normalized spacial score (nSPS) is 11.3. The summed E-state index contributed by atoms with van der Waals surface area (Å²) in [7, 11) is -3.96. The van der Waals surface area contributed by atoms with Crippen LogP contribution in [0.5, 0.6) is 11.5 Å². The lowest BCUT2D eigenvalue weighted by atomic mass is 10.2. The Morgan fingerprint density at radius 1 is 0.959 bits per heavy atom. The van der Waals surface area contributed by atoms with E-state index in [2.05, 4.69) is 36.9 Å². The molecule has 12 nitrogen and oxygen atoms in total. The van der Waals surface area contributed by atoms with Crippen molar-refractivity contribution >= 4 is 43.7 Å². The lowest BCUT2D eigenvalue weighted by Crippen LogP contribution is -2.35. The first-order valence-electron chi connectivity index (χ1n) is 14.6. The van der Waals surface area contributed by atoms with Crippen molar-refractivity contribution in [1.29, 1.82) is 0 Å². The summed E-state index contributed by atoms with van der Waals surface area (Å²) in [5, 5.41) is 19.1. The number of pyridine rings is 1. The van der Waals surface area contributed by atoms with Gasteiger partial charge in [-0.2, -0.15) is 17.9 Å². The van der Waals surface area contributed by atoms with Gasteiger partial charge in [0.25, 0.3) is 0 Å². The molecule has 0 unspecified atom stereocenters. The van der Waals surface area contributed by atoms with Gasteiger partial charge in [-0.25, -0.2) is 18.2 Å². The highest BCUT2D eigenvalue weighted by atomic mass is 79.9. The molecular formula is C32H38BrF3N4O8S. The van der Waals surface area contributed by atoms with E-state index in [1.807, 2.05) is 42.5 Å². The molecule has 49 heavy (non-hydrogen) atoms. The number of unbranched alkanes of at least 4 members (excludes halogenated alkanes) is 2. The van der Waals surface area contributed by atoms with Crippen LogP contribution in [0.3, 0.4) is 0 Å². The molecule has 0 aliphatic heterocycles. The number of sulfonamides is 1. The van der Waals surface area contributed by atoms with E-state index in [-0.39, 0.29) is 4.90 Å². The van der Waals surface area contributed by atoms with E-state index in [4.69, 9.17) is 36.6 Å². The van der Waals surface area contributed by atoms with Crippen molar-refractivity contribution in [3.8, 4) is 23.8 Å². The van der Waals surface area contributed by atoms with Crippen molar-refractivity contribution in [3.05, 3.63) is 77.4 Å². The molecule has 0 bridgehead atoms. The van der Waals surface area contributed by atoms with Crippen molar-refractivity contribution in [3.63, 3.8) is 0 Å². The molecule has 0 saturated carbocycles. The van der Waals surface area contributed by atoms with Gasteiger partial charge in [0.1, 0.15) is 17.3 Å². The number of carboxylic acid groups (broad SMARTS) is 2. The molecule has 1 heterocycles. The van der Waals surface area contributed by atoms with Gasteiger partial charge in [-0.1, -0.05) is 40.0 Å². The van der Waals surface area contributed by atoms with Crippen LogP contribution in [0.25, 0.3) is 0 Å². The summed E-state index contributed by atoms with van der Waals surface area (Å²) >= 11 is 3.38. The van der Waals surface area contributed by atoms with E-state index in [1.165, 1.54) is 12.1 Å². The van der Waals surface area contributed by atoms with Gasteiger partial charge in [-0.15, -0.1) is 6.42 Å². The first-order valence-corrected chi connectivity index (χ1v) is 16.9. The lowest BCUT2D eigenvalue weighted by Gasteiger charge is -2.13. The second-order valence-electron chi connectivity index (χ2n) is 9.72. The number of nitrogens with zero attached hydrogens (tertiary/aromatic N) is 1. The third-order valence-corrected chi connectivity index (χ3v) is 7.67. The molecule has 3 rings (SSSR count). The minimum absolute atomic E-state index is 0.0440. The fourth-order valence-corrected chi connectivity index (χ4v) is 4.96. The fourth-order valence-electron chi connectivity index (χ4n) is 3.39. The molecule has 1 atom stereocenters. The summed E-state index contributed by atoms with van der Waals surface area (Å²) in [4.78, 5) is 23.8. The van der Waals surface area contributed by atoms with Gasteiger partial charge in [0.2, 0.25) is 10.0 Å². The van der Waals surface area contributed by atoms with Gasteiger partial charge >= 0.3 is 18.1 Å². The third-order valence-electron chi connectivity index (χ3n) is 5.71. The van der Waals surface area contributed by atoms with Crippen LogP contribution in [-0.2, 0) is 19.6 Å². The quantitative estimate of drug-likeness (QED) is 0.0883. The van der Waals surface area contributed by atoms with Crippen molar-refractivity contribution in [2.45, 2.75) is 49.2 Å². The number of carboxylic acids is 2. The summed E-state index contributed by atoms with van der Waals surface area (Å²) in [6.07, 6.45) is 5.00. The number of benzene rings is 2. The highest BCUT2D eigenvalue weighted by Gasteiger charge is 2.38. The standard InChI is InChI=1S/C20H23N3O5S.C10H14BrNO.C2HF3O2/c1-2-16(14-20(24)25)23-29(26,27)18-9-7-8-17(15-18)28-13-6-5-12-22-19-10-3-4-11-21-19;11-9-4-3-5-10(8-9)13-7-2-1-6-12;3-2(4,5)1(6)7/h1,3-4,7-11,15-16,23H,5-6,12-14H2,(H,21,22)(H,24,25);3-5,8H,1-2,6-7,12H2;(H,6,7)/t16-;;/m1../s1. The molecule has 268 valence electrons. The van der Waals surface area contributed by atoms with E-state index in [9.17, 15) is 26.4 Å². The number of halogens is 4. The Morgan fingerprint density at radius 3 is 2.10 bits per heavy atom. The molecule has 0 aliphatic rings. The molecule has 0 saturated heterocycles. The number of aromatic nitrogens is 1. The van der Waals surface area contributed by atoms with Crippen LogP contribution in [0.2, 0.25) is 0 Å². The lowest BCUT2D eigenvalue weighted by molar-refractivity contribution is -0.192. The number of nitrogens with one attached hydrogen (secondary N) is 2. The van der Waals surface area contributed by atoms with E-state index >= 15 is 0 Å². The molecule has 0 aliphatic carbocycles. The molecule has 0 spiro atoms. The molecule has 2 aromatic carbocycles. The summed E-state index contributed by atoms with van der Waals surface area (Å²) in [6.45, 7) is 2.65. The SMILES string of the molecule is C#C[C@H](CC(=O)O)NS(=O)(=O)c1cccc(OCCCCNc2ccccn2)c1.NCCCCOc1cccc(Br)c1.O=C(O)C(F)(F)F. The van der Waals surface area contributed by atoms with Gasteiger partial charge in [-0.3, -0.25) is 4.79 Å². The van der Waals surface area contributed by atoms with Crippen LogP contribution in [0.4, 0.5) is 19.0 Å². The first-order chi connectivity index (χ1) is 23.2. The predicted molar refractivity (Wildman–Crippen MR) is 181 cm³/mol. The minimum Gasteiger partial charge on any atom is -0.494 e. The first kappa shape index (κ1) is 42.7. The van der Waals surface area contributed by atoms with E-state index < -0.39 is 40.6 Å². The topological polar surface area (TPSA) is 190 Å². The zero-order valence-corrected chi connectivity index (χ0v) is 28.6.